The zero-order valence-corrected chi connectivity index (χ0v) is 24.0. The number of carbonyl (C=O) groups excluding carboxylic acids is 1. The lowest BCUT2D eigenvalue weighted by molar-refractivity contribution is 0.0503. The number of benzene rings is 1. The second-order valence-electron chi connectivity index (χ2n) is 9.70. The van der Waals surface area contributed by atoms with Crippen molar-refractivity contribution >= 4 is 38.0 Å². The number of fused-ring (bicyclic) bond motifs is 1. The normalized spacial score (nSPS) is 11.3. The summed E-state index contributed by atoms with van der Waals surface area (Å²) in [5.41, 5.74) is 1.19. The molecule has 3 nitrogen and oxygen atoms in total. The minimum atomic E-state index is -0.184. The van der Waals surface area contributed by atoms with E-state index >= 15 is 0 Å². The standard InChI is InChI=1S/C31H44O3S2/c1-3-5-7-9-11-12-14-15-21-33-26-19-17-25(18-20-26)27-23-28-29(35-27)24-30(36-28)31(32)34-22-16-13-10-8-6-4-2/h17-20,23-24H,3-16,21-22H2,1-2H3. The van der Waals surface area contributed by atoms with E-state index in [0.29, 0.717) is 11.5 Å². The molecule has 0 fully saturated rings. The third-order valence-corrected chi connectivity index (χ3v) is 8.87. The van der Waals surface area contributed by atoms with Gasteiger partial charge in [-0.1, -0.05) is 90.9 Å². The summed E-state index contributed by atoms with van der Waals surface area (Å²) >= 11 is 3.26. The Morgan fingerprint density at radius 1 is 0.667 bits per heavy atom. The lowest BCUT2D eigenvalue weighted by Gasteiger charge is -2.07. The van der Waals surface area contributed by atoms with Gasteiger partial charge in [0, 0.05) is 14.3 Å². The van der Waals surface area contributed by atoms with Crippen LogP contribution < -0.4 is 4.74 Å². The van der Waals surface area contributed by atoms with Crippen LogP contribution in [0, 0.1) is 0 Å². The van der Waals surface area contributed by atoms with Crippen LogP contribution in [0.3, 0.4) is 0 Å². The fourth-order valence-electron chi connectivity index (χ4n) is 4.34. The van der Waals surface area contributed by atoms with Crippen LogP contribution in [-0.4, -0.2) is 19.2 Å². The van der Waals surface area contributed by atoms with Gasteiger partial charge < -0.3 is 9.47 Å². The second kappa shape index (κ2) is 16.8. The Labute approximate surface area is 226 Å². The van der Waals surface area contributed by atoms with Crippen molar-refractivity contribution in [1.82, 2.24) is 0 Å². The van der Waals surface area contributed by atoms with Crippen molar-refractivity contribution in [2.45, 2.75) is 104 Å². The summed E-state index contributed by atoms with van der Waals surface area (Å²) in [6.07, 6.45) is 17.7. The first-order chi connectivity index (χ1) is 17.7. The van der Waals surface area contributed by atoms with E-state index in [0.717, 1.165) is 41.0 Å². The van der Waals surface area contributed by atoms with Gasteiger partial charge in [0.2, 0.25) is 0 Å². The predicted molar refractivity (Wildman–Crippen MR) is 157 cm³/mol. The molecule has 0 atom stereocenters. The molecule has 0 amide bonds. The summed E-state index contributed by atoms with van der Waals surface area (Å²) < 4.78 is 13.7. The lowest BCUT2D eigenvalue weighted by Crippen LogP contribution is -2.04. The van der Waals surface area contributed by atoms with Crippen molar-refractivity contribution in [2.75, 3.05) is 13.2 Å². The quantitative estimate of drug-likeness (QED) is 0.115. The van der Waals surface area contributed by atoms with Gasteiger partial charge in [-0.3, -0.25) is 0 Å². The van der Waals surface area contributed by atoms with Gasteiger partial charge >= 0.3 is 5.97 Å². The average molecular weight is 529 g/mol. The second-order valence-corrected chi connectivity index (χ2v) is 11.9. The zero-order valence-electron chi connectivity index (χ0n) is 22.3. The third-order valence-electron chi connectivity index (χ3n) is 6.54. The highest BCUT2D eigenvalue weighted by molar-refractivity contribution is 7.30. The summed E-state index contributed by atoms with van der Waals surface area (Å²) in [6.45, 7) is 5.80. The van der Waals surface area contributed by atoms with Gasteiger partial charge in [-0.05, 0) is 54.8 Å². The van der Waals surface area contributed by atoms with Crippen LogP contribution >= 0.6 is 22.7 Å². The average Bonchev–Trinajstić information content (AvgIpc) is 3.47. The third kappa shape index (κ3) is 9.89. The molecule has 2 heterocycles. The molecule has 5 heteroatoms. The number of rotatable bonds is 19. The molecule has 3 aromatic rings. The van der Waals surface area contributed by atoms with E-state index in [1.165, 1.54) is 92.4 Å². The van der Waals surface area contributed by atoms with Crippen LogP contribution in [0.1, 0.15) is 113 Å². The van der Waals surface area contributed by atoms with Gasteiger partial charge in [0.1, 0.15) is 10.6 Å². The topological polar surface area (TPSA) is 35.5 Å². The van der Waals surface area contributed by atoms with E-state index in [9.17, 15) is 4.79 Å². The summed E-state index contributed by atoms with van der Waals surface area (Å²) in [5, 5.41) is 0. The van der Waals surface area contributed by atoms with E-state index in [4.69, 9.17) is 9.47 Å². The number of hydrogen-bond donors (Lipinski definition) is 0. The summed E-state index contributed by atoms with van der Waals surface area (Å²) in [6, 6.07) is 12.6. The lowest BCUT2D eigenvalue weighted by atomic mass is 10.1. The first kappa shape index (κ1) is 28.7. The van der Waals surface area contributed by atoms with Crippen molar-refractivity contribution in [1.29, 1.82) is 0 Å². The minimum Gasteiger partial charge on any atom is -0.494 e. The Hall–Kier alpha value is -1.85. The molecular formula is C31H44O3S2. The van der Waals surface area contributed by atoms with Gasteiger partial charge in [-0.25, -0.2) is 4.79 Å². The molecule has 0 unspecified atom stereocenters. The molecule has 0 bridgehead atoms. The van der Waals surface area contributed by atoms with Gasteiger partial charge in [0.25, 0.3) is 0 Å². The van der Waals surface area contributed by atoms with Crippen molar-refractivity contribution in [3.8, 4) is 16.2 Å². The number of esters is 1. The van der Waals surface area contributed by atoms with E-state index in [1.54, 1.807) is 11.3 Å². The first-order valence-corrected chi connectivity index (χ1v) is 15.8. The molecule has 0 aliphatic rings. The predicted octanol–water partition coefficient (Wildman–Crippen LogP) is 10.7. The molecule has 3 rings (SSSR count). The SMILES string of the molecule is CCCCCCCCCCOc1ccc(-c2cc3sc(C(=O)OCCCCCCCC)cc3s2)cc1. The van der Waals surface area contributed by atoms with Gasteiger partial charge in [-0.2, -0.15) is 0 Å². The van der Waals surface area contributed by atoms with Crippen molar-refractivity contribution in [3.63, 3.8) is 0 Å². The smallest absolute Gasteiger partial charge is 0.348 e. The Morgan fingerprint density at radius 3 is 1.83 bits per heavy atom. The largest absolute Gasteiger partial charge is 0.494 e. The molecule has 198 valence electrons. The maximum atomic E-state index is 12.4. The van der Waals surface area contributed by atoms with Crippen LogP contribution in [0.25, 0.3) is 19.8 Å². The van der Waals surface area contributed by atoms with Crippen molar-refractivity contribution in [3.05, 3.63) is 41.3 Å². The molecule has 36 heavy (non-hydrogen) atoms. The Kier molecular flexibility index (Phi) is 13.4. The first-order valence-electron chi connectivity index (χ1n) is 14.1. The van der Waals surface area contributed by atoms with Crippen molar-refractivity contribution in [2.24, 2.45) is 0 Å². The summed E-state index contributed by atoms with van der Waals surface area (Å²) in [5.74, 6) is 0.756. The molecular weight excluding hydrogens is 484 g/mol. The molecule has 0 N–H and O–H groups in total. The van der Waals surface area contributed by atoms with Crippen molar-refractivity contribution < 1.29 is 14.3 Å². The maximum Gasteiger partial charge on any atom is 0.348 e. The van der Waals surface area contributed by atoms with E-state index in [2.05, 4.69) is 44.2 Å². The van der Waals surface area contributed by atoms with E-state index in [1.807, 2.05) is 6.07 Å². The van der Waals surface area contributed by atoms with E-state index < -0.39 is 0 Å². The van der Waals surface area contributed by atoms with Crippen LogP contribution in [-0.2, 0) is 4.74 Å². The Bertz CT molecular complexity index is 971. The zero-order chi connectivity index (χ0) is 25.4. The summed E-state index contributed by atoms with van der Waals surface area (Å²) in [4.78, 5) is 14.3. The van der Waals surface area contributed by atoms with E-state index in [-0.39, 0.29) is 5.97 Å². The van der Waals surface area contributed by atoms with Gasteiger partial charge in [0.05, 0.1) is 13.2 Å². The molecule has 0 aliphatic heterocycles. The Balaban J connectivity index is 1.37. The number of unbranched alkanes of at least 4 members (excludes halogenated alkanes) is 12. The molecule has 2 aromatic heterocycles. The highest BCUT2D eigenvalue weighted by Gasteiger charge is 2.14. The molecule has 0 radical (unpaired) electrons. The maximum absolute atomic E-state index is 12.4. The highest BCUT2D eigenvalue weighted by Crippen LogP contribution is 2.39. The Morgan fingerprint density at radius 2 is 1.22 bits per heavy atom. The van der Waals surface area contributed by atoms with Crippen LogP contribution in [0.15, 0.2) is 36.4 Å². The monoisotopic (exact) mass is 528 g/mol. The minimum absolute atomic E-state index is 0.184. The fourth-order valence-corrected chi connectivity index (χ4v) is 6.63. The number of carbonyl (C=O) groups is 1. The number of thiophene rings is 2. The van der Waals surface area contributed by atoms with Crippen LogP contribution in [0.5, 0.6) is 5.75 Å². The van der Waals surface area contributed by atoms with Gasteiger partial charge in [0.15, 0.2) is 0 Å². The fraction of sp³-hybridized carbons (Fsp3) is 0.581. The number of ether oxygens (including phenoxy) is 2. The van der Waals surface area contributed by atoms with Crippen LogP contribution in [0.2, 0.25) is 0 Å². The molecule has 0 saturated carbocycles. The highest BCUT2D eigenvalue weighted by atomic mass is 32.1. The summed E-state index contributed by atoms with van der Waals surface area (Å²) in [7, 11) is 0. The number of hydrogen-bond acceptors (Lipinski definition) is 5. The molecule has 0 saturated heterocycles. The molecule has 0 aliphatic carbocycles. The molecule has 0 spiro atoms. The van der Waals surface area contributed by atoms with Crippen LogP contribution in [0.4, 0.5) is 0 Å². The van der Waals surface area contributed by atoms with Gasteiger partial charge in [-0.15, -0.1) is 22.7 Å². The molecule has 1 aromatic carbocycles.